The van der Waals surface area contributed by atoms with E-state index in [-0.39, 0.29) is 11.5 Å². The van der Waals surface area contributed by atoms with Gasteiger partial charge < -0.3 is 20.8 Å². The van der Waals surface area contributed by atoms with Gasteiger partial charge in [-0.3, -0.25) is 0 Å². The van der Waals surface area contributed by atoms with Gasteiger partial charge in [0.25, 0.3) is 0 Å². The van der Waals surface area contributed by atoms with Crippen LogP contribution in [0, 0.1) is 13.8 Å². The lowest BCUT2D eigenvalue weighted by Crippen LogP contribution is -2.04. The molecule has 4 heteroatoms. The van der Waals surface area contributed by atoms with Gasteiger partial charge in [-0.15, -0.1) is 0 Å². The summed E-state index contributed by atoms with van der Waals surface area (Å²) in [6.07, 6.45) is 3.56. The van der Waals surface area contributed by atoms with Gasteiger partial charge in [-0.25, -0.2) is 0 Å². The third-order valence-corrected chi connectivity index (χ3v) is 8.05. The molecule has 5 rings (SSSR count). The Balaban J connectivity index is 1.80. The summed E-state index contributed by atoms with van der Waals surface area (Å²) in [7, 11) is 0. The van der Waals surface area contributed by atoms with Crippen LogP contribution in [-0.2, 0) is 25.7 Å². The molecule has 0 saturated heterocycles. The van der Waals surface area contributed by atoms with E-state index in [1.807, 2.05) is 36.4 Å². The number of fused-ring (bicyclic) bond motifs is 2. The summed E-state index contributed by atoms with van der Waals surface area (Å²) in [5, 5.41) is 33.3. The quantitative estimate of drug-likeness (QED) is 0.119. The summed E-state index contributed by atoms with van der Waals surface area (Å²) in [6.45, 7) is 12.9. The van der Waals surface area contributed by atoms with Crippen molar-refractivity contribution in [2.75, 3.05) is 10.6 Å². The van der Waals surface area contributed by atoms with E-state index in [1.54, 1.807) is 0 Å². The average molecular weight is 533 g/mol. The van der Waals surface area contributed by atoms with Crippen LogP contribution in [0.1, 0.15) is 61.1 Å². The molecule has 0 bridgehead atoms. The molecular formula is C36H40N2O2. The molecule has 0 saturated carbocycles. The Bertz CT molecular complexity index is 1560. The normalized spacial score (nSPS) is 11.3. The van der Waals surface area contributed by atoms with Gasteiger partial charge in [-0.2, -0.15) is 0 Å². The van der Waals surface area contributed by atoms with Gasteiger partial charge in [0.1, 0.15) is 11.5 Å². The van der Waals surface area contributed by atoms with Gasteiger partial charge in [0.15, 0.2) is 0 Å². The largest absolute Gasteiger partial charge is 0.507 e. The summed E-state index contributed by atoms with van der Waals surface area (Å²) < 4.78 is 0. The summed E-state index contributed by atoms with van der Waals surface area (Å²) in [6, 6.07) is 20.4. The van der Waals surface area contributed by atoms with Gasteiger partial charge in [0.05, 0.1) is 22.1 Å². The van der Waals surface area contributed by atoms with Crippen molar-refractivity contribution in [3.63, 3.8) is 0 Å². The maximum Gasteiger partial charge on any atom is 0.133 e. The second-order valence-corrected chi connectivity index (χ2v) is 10.7. The Morgan fingerprint density at radius 1 is 0.525 bits per heavy atom. The van der Waals surface area contributed by atoms with E-state index in [0.717, 1.165) is 48.4 Å². The molecule has 0 unspecified atom stereocenters. The zero-order valence-corrected chi connectivity index (χ0v) is 24.5. The van der Waals surface area contributed by atoms with Gasteiger partial charge >= 0.3 is 0 Å². The molecule has 0 aliphatic carbocycles. The monoisotopic (exact) mass is 532 g/mol. The second kappa shape index (κ2) is 11.1. The Hall–Kier alpha value is -4.18. The highest BCUT2D eigenvalue weighted by atomic mass is 16.3. The molecule has 0 radical (unpaired) electrons. The van der Waals surface area contributed by atoms with E-state index < -0.39 is 0 Å². The van der Waals surface area contributed by atoms with Crippen molar-refractivity contribution in [2.24, 2.45) is 0 Å². The van der Waals surface area contributed by atoms with Crippen molar-refractivity contribution in [2.45, 2.75) is 67.2 Å². The van der Waals surface area contributed by atoms with E-state index in [2.05, 4.69) is 76.4 Å². The number of hydrogen-bond donors (Lipinski definition) is 4. The first-order chi connectivity index (χ1) is 19.3. The van der Waals surface area contributed by atoms with E-state index >= 15 is 0 Å². The van der Waals surface area contributed by atoms with Crippen LogP contribution >= 0.6 is 0 Å². The number of anilines is 4. The summed E-state index contributed by atoms with van der Waals surface area (Å²) in [4.78, 5) is 0. The minimum absolute atomic E-state index is 0.160. The minimum atomic E-state index is 0.160. The van der Waals surface area contributed by atoms with Crippen LogP contribution in [0.15, 0.2) is 60.7 Å². The van der Waals surface area contributed by atoms with Crippen LogP contribution in [0.5, 0.6) is 11.5 Å². The lowest BCUT2D eigenvalue weighted by molar-refractivity contribution is 0.479. The van der Waals surface area contributed by atoms with Crippen LogP contribution in [0.3, 0.4) is 0 Å². The first-order valence-corrected chi connectivity index (χ1v) is 14.5. The van der Waals surface area contributed by atoms with Crippen LogP contribution in [0.4, 0.5) is 22.7 Å². The fourth-order valence-electron chi connectivity index (χ4n) is 6.06. The van der Waals surface area contributed by atoms with Crippen molar-refractivity contribution in [1.82, 2.24) is 0 Å². The van der Waals surface area contributed by atoms with Gasteiger partial charge in [-0.05, 0) is 73.9 Å². The zero-order valence-electron chi connectivity index (χ0n) is 24.5. The number of nitrogens with one attached hydrogen (secondary N) is 2. The molecule has 4 N–H and O–H groups in total. The standard InChI is InChI=1S/C36H40N2O2/c1-7-23-17-21(5)18-24(8-2)33(23)37-29-15-16-30(38-34-25(9-3)19-22(6)20-26(34)10-4)32-31(29)35(39)27-13-11-12-14-28(27)36(32)40/h11-20,37-40H,7-10H2,1-6H3. The molecule has 0 aliphatic heterocycles. The summed E-state index contributed by atoms with van der Waals surface area (Å²) in [5.74, 6) is 0.321. The number of phenolic OH excluding ortho intramolecular Hbond substituents is 2. The molecule has 4 nitrogen and oxygen atoms in total. The van der Waals surface area contributed by atoms with Crippen molar-refractivity contribution in [3.05, 3.63) is 94.0 Å². The van der Waals surface area contributed by atoms with E-state index in [0.29, 0.717) is 21.5 Å². The third kappa shape index (κ3) is 4.72. The summed E-state index contributed by atoms with van der Waals surface area (Å²) in [5.41, 5.74) is 11.1. The van der Waals surface area contributed by atoms with Gasteiger partial charge in [-0.1, -0.05) is 87.4 Å². The maximum absolute atomic E-state index is 11.7. The van der Waals surface area contributed by atoms with Crippen LogP contribution < -0.4 is 10.6 Å². The van der Waals surface area contributed by atoms with Crippen molar-refractivity contribution < 1.29 is 10.2 Å². The fraction of sp³-hybridized carbons (Fsp3) is 0.278. The Kier molecular flexibility index (Phi) is 7.62. The van der Waals surface area contributed by atoms with Crippen molar-refractivity contribution in [1.29, 1.82) is 0 Å². The third-order valence-electron chi connectivity index (χ3n) is 8.05. The Labute approximate surface area is 237 Å². The number of benzene rings is 5. The fourth-order valence-corrected chi connectivity index (χ4v) is 6.06. The average Bonchev–Trinajstić information content (AvgIpc) is 2.97. The molecule has 5 aromatic carbocycles. The molecule has 0 aliphatic rings. The summed E-state index contributed by atoms with van der Waals surface area (Å²) >= 11 is 0. The van der Waals surface area contributed by atoms with Crippen LogP contribution in [0.25, 0.3) is 21.5 Å². The minimum Gasteiger partial charge on any atom is -0.507 e. The highest BCUT2D eigenvalue weighted by molar-refractivity contribution is 6.19. The molecule has 0 aromatic heterocycles. The number of aryl methyl sites for hydroxylation is 6. The lowest BCUT2D eigenvalue weighted by Gasteiger charge is -2.22. The van der Waals surface area contributed by atoms with Gasteiger partial charge in [0, 0.05) is 22.1 Å². The Morgan fingerprint density at radius 2 is 0.850 bits per heavy atom. The molecule has 5 aromatic rings. The molecule has 0 heterocycles. The van der Waals surface area contributed by atoms with E-state index in [9.17, 15) is 10.2 Å². The predicted octanol–water partition coefficient (Wildman–Crippen LogP) is 9.76. The maximum atomic E-state index is 11.7. The number of aromatic hydroxyl groups is 2. The molecule has 40 heavy (non-hydrogen) atoms. The second-order valence-electron chi connectivity index (χ2n) is 10.7. The smallest absolute Gasteiger partial charge is 0.133 e. The number of rotatable bonds is 8. The highest BCUT2D eigenvalue weighted by Gasteiger charge is 2.21. The molecule has 206 valence electrons. The topological polar surface area (TPSA) is 64.5 Å². The van der Waals surface area contributed by atoms with Crippen LogP contribution in [-0.4, -0.2) is 10.2 Å². The van der Waals surface area contributed by atoms with Gasteiger partial charge in [0.2, 0.25) is 0 Å². The van der Waals surface area contributed by atoms with E-state index in [1.165, 1.54) is 33.4 Å². The van der Waals surface area contributed by atoms with Crippen molar-refractivity contribution >= 4 is 44.3 Å². The zero-order chi connectivity index (χ0) is 28.6. The SMILES string of the molecule is CCc1cc(C)cc(CC)c1Nc1ccc(Nc2c(CC)cc(C)cc2CC)c2c(O)c3ccccc3c(O)c12. The molecule has 0 spiro atoms. The molecular weight excluding hydrogens is 492 g/mol. The Morgan fingerprint density at radius 3 is 1.15 bits per heavy atom. The number of hydrogen-bond acceptors (Lipinski definition) is 4. The molecule has 0 amide bonds. The molecule has 0 atom stereocenters. The predicted molar refractivity (Wildman–Crippen MR) is 171 cm³/mol. The first-order valence-electron chi connectivity index (χ1n) is 14.5. The number of phenols is 2. The van der Waals surface area contributed by atoms with Crippen molar-refractivity contribution in [3.8, 4) is 11.5 Å². The lowest BCUT2D eigenvalue weighted by atomic mass is 9.95. The highest BCUT2D eigenvalue weighted by Crippen LogP contribution is 2.49. The molecule has 0 fully saturated rings. The first kappa shape index (κ1) is 27.4. The van der Waals surface area contributed by atoms with Crippen LogP contribution in [0.2, 0.25) is 0 Å². The van der Waals surface area contributed by atoms with E-state index in [4.69, 9.17) is 0 Å².